The first kappa shape index (κ1) is 4.96. The van der Waals surface area contributed by atoms with E-state index in [9.17, 15) is 0 Å². The summed E-state index contributed by atoms with van der Waals surface area (Å²) in [5.41, 5.74) is 0. The second-order valence-corrected chi connectivity index (χ2v) is 2.35. The zero-order valence-electron chi connectivity index (χ0n) is 3.56. The van der Waals surface area contributed by atoms with Crippen molar-refractivity contribution in [2.45, 2.75) is 0 Å². The van der Waals surface area contributed by atoms with Crippen LogP contribution in [-0.4, -0.2) is 4.98 Å². The number of aromatic nitrogens is 2. The molecule has 7 heavy (non-hydrogen) atoms. The summed E-state index contributed by atoms with van der Waals surface area (Å²) >= 11 is 2.19. The zero-order valence-corrected chi connectivity index (χ0v) is 5.71. The van der Waals surface area contributed by atoms with Gasteiger partial charge in [-0.3, -0.25) is 0 Å². The number of H-pyrrole nitrogens is 1. The smallest absolute Gasteiger partial charge is 0.249 e. The lowest BCUT2D eigenvalue weighted by Gasteiger charge is -1.72. The molecule has 1 N–H and O–H groups in total. The first-order chi connectivity index (χ1) is 3.39. The van der Waals surface area contributed by atoms with E-state index >= 15 is 0 Å². The molecule has 1 heterocycles. The topological polar surface area (TPSA) is 27.0 Å². The third-order valence-corrected chi connectivity index (χ3v) is 1.16. The maximum absolute atomic E-state index is 3.82. The van der Waals surface area contributed by atoms with Crippen molar-refractivity contribution in [2.24, 2.45) is 0 Å². The Morgan fingerprint density at radius 2 is 2.57 bits per heavy atom. The van der Waals surface area contributed by atoms with Gasteiger partial charge in [0.1, 0.15) is 6.20 Å². The van der Waals surface area contributed by atoms with Crippen LogP contribution in [0.25, 0.3) is 0 Å². The van der Waals surface area contributed by atoms with Gasteiger partial charge in [-0.2, -0.15) is 0 Å². The van der Waals surface area contributed by atoms with Crippen LogP contribution in [0.15, 0.2) is 18.7 Å². The van der Waals surface area contributed by atoms with Crippen molar-refractivity contribution in [1.29, 1.82) is 0 Å². The van der Waals surface area contributed by atoms with Gasteiger partial charge in [-0.1, -0.05) is 4.98 Å². The van der Waals surface area contributed by atoms with Gasteiger partial charge >= 0.3 is 0 Å². The molecule has 0 aromatic carbocycles. The van der Waals surface area contributed by atoms with Crippen molar-refractivity contribution in [3.05, 3.63) is 22.3 Å². The number of hydrogen-bond donors (Lipinski definition) is 0. The van der Waals surface area contributed by atoms with Gasteiger partial charge in [-0.05, 0) is 22.6 Å². The molecule has 2 nitrogen and oxygen atoms in total. The highest BCUT2D eigenvalue weighted by Gasteiger charge is 1.84. The number of nitrogens with zero attached hydrogens (tertiary/aromatic N) is 1. The maximum atomic E-state index is 3.82. The summed E-state index contributed by atoms with van der Waals surface area (Å²) in [6.07, 6.45) is 5.31. The summed E-state index contributed by atoms with van der Waals surface area (Å²) in [7, 11) is 0. The Morgan fingerprint density at radius 3 is 2.86 bits per heavy atom. The van der Waals surface area contributed by atoms with Crippen LogP contribution < -0.4 is 4.98 Å². The largest absolute Gasteiger partial charge is 0.283 e. The number of nitrogens with one attached hydrogen (secondary N) is 1. The van der Waals surface area contributed by atoms with Crippen molar-refractivity contribution in [2.75, 3.05) is 0 Å². The van der Waals surface area contributed by atoms with Crippen molar-refractivity contribution in [3.63, 3.8) is 0 Å². The van der Waals surface area contributed by atoms with Gasteiger partial charge in [-0.15, -0.1) is 0 Å². The van der Waals surface area contributed by atoms with Crippen molar-refractivity contribution in [3.8, 4) is 0 Å². The lowest BCUT2D eigenvalue weighted by atomic mass is 10.7. The van der Waals surface area contributed by atoms with E-state index in [-0.39, 0.29) is 0 Å². The van der Waals surface area contributed by atoms with Crippen molar-refractivity contribution in [1.82, 2.24) is 4.98 Å². The molecule has 1 aromatic heterocycles. The molecule has 1 aromatic rings. The molecule has 0 aliphatic carbocycles. The molecule has 0 bridgehead atoms. The Hall–Kier alpha value is -0.190. The van der Waals surface area contributed by atoms with E-state index in [1.54, 1.807) is 12.5 Å². The van der Waals surface area contributed by atoms with E-state index in [1.807, 2.05) is 6.20 Å². The number of aromatic amines is 1. The predicted octanol–water partition coefficient (Wildman–Crippen LogP) is 0.500. The molecule has 0 fully saturated rings. The Morgan fingerprint density at radius 1 is 1.71 bits per heavy atom. The van der Waals surface area contributed by atoms with Crippen LogP contribution in [0.4, 0.5) is 0 Å². The molecule has 0 aliphatic heterocycles. The molecule has 0 aliphatic rings. The van der Waals surface area contributed by atoms with Crippen molar-refractivity contribution >= 4 is 22.6 Å². The minimum absolute atomic E-state index is 1.13. The molecule has 0 atom stereocenters. The van der Waals surface area contributed by atoms with E-state index in [4.69, 9.17) is 0 Å². The molecule has 0 spiro atoms. The fourth-order valence-electron chi connectivity index (χ4n) is 0.306. The van der Waals surface area contributed by atoms with Gasteiger partial charge in [0.25, 0.3) is 6.33 Å². The van der Waals surface area contributed by atoms with Crippen LogP contribution in [0.5, 0.6) is 0 Å². The second kappa shape index (κ2) is 2.20. The van der Waals surface area contributed by atoms with E-state index in [1.165, 1.54) is 0 Å². The molecule has 0 amide bonds. The van der Waals surface area contributed by atoms with Crippen LogP contribution in [0.1, 0.15) is 0 Å². The fourth-order valence-corrected chi connectivity index (χ4v) is 0.646. The Labute approximate surface area is 55.1 Å². The summed E-state index contributed by atoms with van der Waals surface area (Å²) in [6, 6.07) is 0. The molecule has 3 heteroatoms. The average Bonchev–Trinajstić information content (AvgIpc) is 1.69. The SMILES string of the molecule is Ic1cnc[nH+]c1. The molecule has 0 saturated carbocycles. The molecular formula is C4H4IN2+. The Kier molecular flexibility index (Phi) is 1.56. The third kappa shape index (κ3) is 1.38. The third-order valence-electron chi connectivity index (χ3n) is 0.568. The Balaban J connectivity index is 3.02. The van der Waals surface area contributed by atoms with Gasteiger partial charge in [0.15, 0.2) is 6.20 Å². The van der Waals surface area contributed by atoms with Crippen molar-refractivity contribution < 1.29 is 4.98 Å². The maximum Gasteiger partial charge on any atom is 0.283 e. The number of halogens is 1. The van der Waals surface area contributed by atoms with Gasteiger partial charge in [-0.25, -0.2) is 4.98 Å². The highest BCUT2D eigenvalue weighted by atomic mass is 127. The quantitative estimate of drug-likeness (QED) is 0.569. The summed E-state index contributed by atoms with van der Waals surface area (Å²) in [6.45, 7) is 0. The van der Waals surface area contributed by atoms with Crippen LogP contribution in [0.3, 0.4) is 0 Å². The average molecular weight is 207 g/mol. The molecule has 0 unspecified atom stereocenters. The van der Waals surface area contributed by atoms with E-state index in [0.717, 1.165) is 3.57 Å². The molecule has 1 rings (SSSR count). The van der Waals surface area contributed by atoms with Gasteiger partial charge < -0.3 is 0 Å². The monoisotopic (exact) mass is 207 g/mol. The van der Waals surface area contributed by atoms with Crippen LogP contribution in [0.2, 0.25) is 0 Å². The first-order valence-corrected chi connectivity index (χ1v) is 2.94. The number of rotatable bonds is 0. The summed E-state index contributed by atoms with van der Waals surface area (Å²) in [4.78, 5) is 6.66. The minimum Gasteiger partial charge on any atom is -0.249 e. The number of hydrogen-bond acceptors (Lipinski definition) is 1. The van der Waals surface area contributed by atoms with Crippen LogP contribution in [-0.2, 0) is 0 Å². The van der Waals surface area contributed by atoms with E-state index in [0.29, 0.717) is 0 Å². The summed E-state index contributed by atoms with van der Waals surface area (Å²) in [5, 5.41) is 0. The van der Waals surface area contributed by atoms with Gasteiger partial charge in [0.05, 0.1) is 3.57 Å². The molecule has 0 radical (unpaired) electrons. The highest BCUT2D eigenvalue weighted by molar-refractivity contribution is 14.1. The zero-order chi connectivity index (χ0) is 5.11. The molecule has 0 saturated heterocycles. The first-order valence-electron chi connectivity index (χ1n) is 1.86. The fraction of sp³-hybridized carbons (Fsp3) is 0. The van der Waals surface area contributed by atoms with Crippen LogP contribution in [0, 0.1) is 3.57 Å². The molecule has 36 valence electrons. The second-order valence-electron chi connectivity index (χ2n) is 1.10. The lowest BCUT2D eigenvalue weighted by Crippen LogP contribution is -2.00. The summed E-state index contributed by atoms with van der Waals surface area (Å²) < 4.78 is 1.13. The van der Waals surface area contributed by atoms with Crippen LogP contribution >= 0.6 is 22.6 Å². The standard InChI is InChI=1S/C4H3IN2/c5-4-1-6-3-7-2-4/h1-3H/p+1. The van der Waals surface area contributed by atoms with Gasteiger partial charge in [0.2, 0.25) is 0 Å². The summed E-state index contributed by atoms with van der Waals surface area (Å²) in [5.74, 6) is 0. The van der Waals surface area contributed by atoms with E-state index < -0.39 is 0 Å². The highest BCUT2D eigenvalue weighted by Crippen LogP contribution is 1.92. The van der Waals surface area contributed by atoms with Gasteiger partial charge in [0, 0.05) is 0 Å². The Bertz CT molecular complexity index is 140. The normalized spacial score (nSPS) is 8.71. The van der Waals surface area contributed by atoms with E-state index in [2.05, 4.69) is 32.6 Å². The predicted molar refractivity (Wildman–Crippen MR) is 33.5 cm³/mol. The molecular weight excluding hydrogens is 203 g/mol. The minimum atomic E-state index is 1.13. The lowest BCUT2D eigenvalue weighted by molar-refractivity contribution is -0.383.